The molecule has 0 radical (unpaired) electrons. The minimum atomic E-state index is -0.950. The van der Waals surface area contributed by atoms with E-state index in [9.17, 15) is 14.7 Å². The van der Waals surface area contributed by atoms with E-state index in [-0.39, 0.29) is 12.3 Å². The van der Waals surface area contributed by atoms with Crippen LogP contribution in [0.25, 0.3) is 10.2 Å². The molecule has 7 nitrogen and oxygen atoms in total. The molecule has 1 aromatic heterocycles. The average molecular weight is 480 g/mol. The molecular formula is C26H31N4O3S+. The second-order valence-corrected chi connectivity index (χ2v) is 11.7. The number of aliphatic carboxylic acids is 1. The molecular weight excluding hydrogens is 448 g/mol. The number of carbonyl (C=O) groups is 2. The summed E-state index contributed by atoms with van der Waals surface area (Å²) in [6.07, 6.45) is 0.726. The Morgan fingerprint density at radius 1 is 1.15 bits per heavy atom. The molecule has 8 heteroatoms. The Kier molecular flexibility index (Phi) is 5.61. The number of hydrogen-bond donors (Lipinski definition) is 2. The topological polar surface area (TPSA) is 82.5 Å². The van der Waals surface area contributed by atoms with Gasteiger partial charge in [-0.15, -0.1) is 11.3 Å². The van der Waals surface area contributed by atoms with E-state index in [0.717, 1.165) is 43.9 Å². The number of thiazole rings is 1. The quantitative estimate of drug-likeness (QED) is 0.509. The van der Waals surface area contributed by atoms with Crippen LogP contribution in [0.1, 0.15) is 22.6 Å². The average Bonchev–Trinajstić information content (AvgIpc) is 3.30. The van der Waals surface area contributed by atoms with Crippen molar-refractivity contribution in [2.45, 2.75) is 31.8 Å². The van der Waals surface area contributed by atoms with Gasteiger partial charge < -0.3 is 19.8 Å². The van der Waals surface area contributed by atoms with Gasteiger partial charge in [-0.05, 0) is 42.2 Å². The molecule has 1 aliphatic carbocycles. The van der Waals surface area contributed by atoms with E-state index in [1.807, 2.05) is 30.3 Å². The van der Waals surface area contributed by atoms with Crippen LogP contribution in [-0.2, 0) is 29.0 Å². The first-order valence-corrected chi connectivity index (χ1v) is 12.5. The van der Waals surface area contributed by atoms with E-state index in [1.165, 1.54) is 5.69 Å². The number of hydrogen-bond acceptors (Lipinski definition) is 5. The molecule has 34 heavy (non-hydrogen) atoms. The van der Waals surface area contributed by atoms with Crippen molar-refractivity contribution in [2.75, 3.05) is 39.1 Å². The zero-order valence-corrected chi connectivity index (χ0v) is 20.7. The Balaban J connectivity index is 1.27. The summed E-state index contributed by atoms with van der Waals surface area (Å²) in [5, 5.41) is 13.3. The molecule has 3 aromatic rings. The maximum Gasteiger partial charge on any atom is 0.304 e. The predicted molar refractivity (Wildman–Crippen MR) is 134 cm³/mol. The number of benzene rings is 2. The molecule has 178 valence electrons. The third kappa shape index (κ3) is 4.28. The van der Waals surface area contributed by atoms with Crippen LogP contribution >= 0.6 is 11.3 Å². The summed E-state index contributed by atoms with van der Waals surface area (Å²) in [4.78, 5) is 31.9. The maximum absolute atomic E-state index is 13.3. The summed E-state index contributed by atoms with van der Waals surface area (Å²) in [5.41, 5.74) is 3.31. The van der Waals surface area contributed by atoms with Crippen LogP contribution in [0, 0.1) is 5.41 Å². The molecule has 2 aliphatic rings. The molecule has 0 saturated carbocycles. The number of quaternary nitrogens is 1. The van der Waals surface area contributed by atoms with Gasteiger partial charge in [0, 0.05) is 5.69 Å². The predicted octanol–water partition coefficient (Wildman–Crippen LogP) is 3.07. The van der Waals surface area contributed by atoms with Gasteiger partial charge in [0.05, 0.1) is 62.8 Å². The Morgan fingerprint density at radius 2 is 1.82 bits per heavy atom. The van der Waals surface area contributed by atoms with Crippen molar-refractivity contribution in [3.05, 3.63) is 58.6 Å². The minimum absolute atomic E-state index is 0.180. The normalized spacial score (nSPS) is 17.4. The van der Waals surface area contributed by atoms with E-state index in [1.54, 1.807) is 11.3 Å². The number of nitrogens with one attached hydrogen (secondary N) is 1. The third-order valence-corrected chi connectivity index (χ3v) is 8.30. The summed E-state index contributed by atoms with van der Waals surface area (Å²) < 4.78 is 2.07. The lowest BCUT2D eigenvalue weighted by Gasteiger charge is -2.47. The number of amides is 1. The van der Waals surface area contributed by atoms with Crippen LogP contribution in [-0.4, -0.2) is 66.7 Å². The Hall–Kier alpha value is -2.97. The number of fused-ring (bicyclic) bond motifs is 2. The third-order valence-electron chi connectivity index (χ3n) is 7.29. The highest BCUT2D eigenvalue weighted by molar-refractivity contribution is 7.18. The molecule has 1 aliphatic heterocycles. The highest BCUT2D eigenvalue weighted by Crippen LogP contribution is 2.40. The van der Waals surface area contributed by atoms with Crippen LogP contribution in [0.3, 0.4) is 0 Å². The summed E-state index contributed by atoms with van der Waals surface area (Å²) in [5.74, 6) is -1.16. The van der Waals surface area contributed by atoms with Crippen LogP contribution in [0.2, 0.25) is 0 Å². The van der Waals surface area contributed by atoms with Gasteiger partial charge in [0.1, 0.15) is 11.0 Å². The van der Waals surface area contributed by atoms with Crippen molar-refractivity contribution < 1.29 is 19.2 Å². The van der Waals surface area contributed by atoms with Gasteiger partial charge >= 0.3 is 5.97 Å². The Labute approximate surface area is 203 Å². The molecule has 1 fully saturated rings. The number of carbonyl (C=O) groups excluding carboxylic acids is 1. The molecule has 0 unspecified atom stereocenters. The van der Waals surface area contributed by atoms with Crippen molar-refractivity contribution in [3.63, 3.8) is 0 Å². The lowest BCUT2D eigenvalue weighted by atomic mass is 9.80. The number of carboxylic acids is 1. The van der Waals surface area contributed by atoms with Crippen molar-refractivity contribution >= 4 is 39.1 Å². The van der Waals surface area contributed by atoms with Gasteiger partial charge in [0.25, 0.3) is 0 Å². The fourth-order valence-corrected chi connectivity index (χ4v) is 6.02. The van der Waals surface area contributed by atoms with E-state index in [0.29, 0.717) is 25.4 Å². The van der Waals surface area contributed by atoms with E-state index >= 15 is 0 Å². The van der Waals surface area contributed by atoms with Gasteiger partial charge in [-0.1, -0.05) is 24.3 Å². The SMILES string of the molecule is C[N+](C)(C)C1CN(c2ccc3nc(CNC(=O)C4(CC(=O)O)Cc5ccccc5C4)sc3c2)C1. The zero-order valence-electron chi connectivity index (χ0n) is 19.9. The minimum Gasteiger partial charge on any atom is -0.481 e. The first kappa shape index (κ1) is 22.8. The smallest absolute Gasteiger partial charge is 0.304 e. The van der Waals surface area contributed by atoms with E-state index in [2.05, 4.69) is 43.5 Å². The first-order valence-electron chi connectivity index (χ1n) is 11.7. The lowest BCUT2D eigenvalue weighted by molar-refractivity contribution is -0.896. The van der Waals surface area contributed by atoms with E-state index < -0.39 is 11.4 Å². The van der Waals surface area contributed by atoms with Gasteiger partial charge in [-0.2, -0.15) is 0 Å². The summed E-state index contributed by atoms with van der Waals surface area (Å²) >= 11 is 1.58. The Bertz CT molecular complexity index is 1230. The van der Waals surface area contributed by atoms with Crippen LogP contribution < -0.4 is 10.2 Å². The monoisotopic (exact) mass is 479 g/mol. The molecule has 2 aromatic carbocycles. The maximum atomic E-state index is 13.3. The van der Waals surface area contributed by atoms with Crippen LogP contribution in [0.5, 0.6) is 0 Å². The first-order chi connectivity index (χ1) is 16.1. The lowest BCUT2D eigenvalue weighted by Crippen LogP contribution is -2.64. The molecule has 5 rings (SSSR count). The zero-order chi connectivity index (χ0) is 24.1. The molecule has 0 spiro atoms. The molecule has 0 atom stereocenters. The highest BCUT2D eigenvalue weighted by atomic mass is 32.1. The fraction of sp³-hybridized carbons (Fsp3) is 0.423. The van der Waals surface area contributed by atoms with Crippen molar-refractivity contribution in [3.8, 4) is 0 Å². The summed E-state index contributed by atoms with van der Waals surface area (Å²) in [6.45, 7) is 2.40. The second-order valence-electron chi connectivity index (χ2n) is 10.6. The van der Waals surface area contributed by atoms with Gasteiger partial charge in [0.15, 0.2) is 0 Å². The molecule has 1 amide bonds. The number of anilines is 1. The number of nitrogens with zero attached hydrogens (tertiary/aromatic N) is 3. The number of likely N-dealkylation sites (N-methyl/N-ethyl adjacent to an activating group) is 1. The largest absolute Gasteiger partial charge is 0.481 e. The Morgan fingerprint density at radius 3 is 2.44 bits per heavy atom. The van der Waals surface area contributed by atoms with Gasteiger partial charge in [0.2, 0.25) is 5.91 Å². The number of carboxylic acid groups (broad SMARTS) is 1. The van der Waals surface area contributed by atoms with Crippen LogP contribution in [0.4, 0.5) is 5.69 Å². The molecule has 2 heterocycles. The molecule has 0 bridgehead atoms. The fourth-order valence-electron chi connectivity index (χ4n) is 5.08. The van der Waals surface area contributed by atoms with Crippen molar-refractivity contribution in [1.82, 2.24) is 10.3 Å². The standard InChI is InChI=1S/C26H30N4O3S/c1-30(2,3)20-15-29(16-20)19-8-9-21-22(10-19)34-23(28-21)14-27-25(33)26(13-24(31)32)11-17-6-4-5-7-18(17)12-26/h4-10,20H,11-16H2,1-3H3,(H-,27,31,32,33)/p+1. The summed E-state index contributed by atoms with van der Waals surface area (Å²) in [7, 11) is 6.71. The summed E-state index contributed by atoms with van der Waals surface area (Å²) in [6, 6.07) is 14.8. The van der Waals surface area contributed by atoms with Gasteiger partial charge in [-0.3, -0.25) is 9.59 Å². The second kappa shape index (κ2) is 8.36. The molecule has 1 saturated heterocycles. The van der Waals surface area contributed by atoms with Crippen molar-refractivity contribution in [1.29, 1.82) is 0 Å². The van der Waals surface area contributed by atoms with Crippen LogP contribution in [0.15, 0.2) is 42.5 Å². The van der Waals surface area contributed by atoms with Crippen molar-refractivity contribution in [2.24, 2.45) is 5.41 Å². The van der Waals surface area contributed by atoms with Gasteiger partial charge in [-0.25, -0.2) is 4.98 Å². The van der Waals surface area contributed by atoms with E-state index in [4.69, 9.17) is 4.98 Å². The number of aromatic nitrogens is 1. The molecule has 2 N–H and O–H groups in total. The number of rotatable bonds is 7. The highest BCUT2D eigenvalue weighted by Gasteiger charge is 2.45.